The summed E-state index contributed by atoms with van der Waals surface area (Å²) in [6.45, 7) is 3.98. The monoisotopic (exact) mass is 207 g/mol. The van der Waals surface area contributed by atoms with Crippen LogP contribution in [0.3, 0.4) is 0 Å². The second-order valence-corrected chi connectivity index (χ2v) is 4.24. The Morgan fingerprint density at radius 3 is 2.80 bits per heavy atom. The van der Waals surface area contributed by atoms with E-state index in [0.717, 1.165) is 24.1 Å². The molecule has 2 rings (SSSR count). The lowest BCUT2D eigenvalue weighted by atomic mass is 10.0. The number of hydrogen-bond acceptors (Lipinski definition) is 3. The molecule has 1 aliphatic heterocycles. The van der Waals surface area contributed by atoms with Crippen molar-refractivity contribution in [1.82, 2.24) is 4.98 Å². The molecule has 1 saturated heterocycles. The van der Waals surface area contributed by atoms with Gasteiger partial charge in [0.1, 0.15) is 6.10 Å². The summed E-state index contributed by atoms with van der Waals surface area (Å²) >= 11 is 0. The number of aromatic nitrogens is 1. The van der Waals surface area contributed by atoms with Crippen LogP contribution in [0.1, 0.15) is 37.1 Å². The molecule has 3 unspecified atom stereocenters. The van der Waals surface area contributed by atoms with E-state index in [9.17, 15) is 5.11 Å². The summed E-state index contributed by atoms with van der Waals surface area (Å²) in [5.74, 6) is 0. The highest BCUT2D eigenvalue weighted by molar-refractivity contribution is 5.17. The van der Waals surface area contributed by atoms with E-state index in [-0.39, 0.29) is 12.2 Å². The highest BCUT2D eigenvalue weighted by Crippen LogP contribution is 2.29. The van der Waals surface area contributed by atoms with E-state index in [4.69, 9.17) is 4.74 Å². The Bertz CT molecular complexity index is 323. The minimum Gasteiger partial charge on any atom is -0.386 e. The van der Waals surface area contributed by atoms with Crippen molar-refractivity contribution in [2.75, 3.05) is 0 Å². The van der Waals surface area contributed by atoms with Crippen molar-refractivity contribution in [2.24, 2.45) is 0 Å². The molecule has 2 heterocycles. The second kappa shape index (κ2) is 4.29. The van der Waals surface area contributed by atoms with Gasteiger partial charge in [-0.2, -0.15) is 0 Å². The van der Waals surface area contributed by atoms with E-state index in [2.05, 4.69) is 4.98 Å². The summed E-state index contributed by atoms with van der Waals surface area (Å²) in [5, 5.41) is 10.1. The Labute approximate surface area is 90.1 Å². The predicted octanol–water partition coefficient (Wildman–Crippen LogP) is 1.99. The molecule has 1 fully saturated rings. The molecule has 1 aromatic rings. The number of hydrogen-bond donors (Lipinski definition) is 1. The van der Waals surface area contributed by atoms with Crippen molar-refractivity contribution in [3.63, 3.8) is 0 Å². The lowest BCUT2D eigenvalue weighted by Gasteiger charge is -2.18. The number of aryl methyl sites for hydroxylation is 1. The van der Waals surface area contributed by atoms with Crippen molar-refractivity contribution in [3.8, 4) is 0 Å². The molecule has 0 amide bonds. The molecular weight excluding hydrogens is 190 g/mol. The molecule has 1 aliphatic rings. The third-order valence-electron chi connectivity index (χ3n) is 2.89. The van der Waals surface area contributed by atoms with E-state index in [1.807, 2.05) is 26.0 Å². The predicted molar refractivity (Wildman–Crippen MR) is 57.5 cm³/mol. The van der Waals surface area contributed by atoms with Crippen LogP contribution in [0, 0.1) is 6.92 Å². The Morgan fingerprint density at radius 1 is 1.47 bits per heavy atom. The van der Waals surface area contributed by atoms with Crippen LogP contribution in [0.4, 0.5) is 0 Å². The lowest BCUT2D eigenvalue weighted by Crippen LogP contribution is -2.18. The third kappa shape index (κ3) is 2.36. The topological polar surface area (TPSA) is 42.4 Å². The fourth-order valence-electron chi connectivity index (χ4n) is 1.93. The number of aliphatic hydroxyl groups is 1. The molecule has 3 atom stereocenters. The number of ether oxygens (including phenoxy) is 1. The van der Waals surface area contributed by atoms with Gasteiger partial charge in [-0.15, -0.1) is 0 Å². The summed E-state index contributed by atoms with van der Waals surface area (Å²) in [5.41, 5.74) is 1.81. The molecule has 0 aliphatic carbocycles. The van der Waals surface area contributed by atoms with Gasteiger partial charge in [-0.3, -0.25) is 4.98 Å². The standard InChI is InChI=1S/C12H17NO2/c1-8-3-5-10(7-13-8)12(14)11-6-4-9(2)15-11/h3,5,7,9,11-12,14H,4,6H2,1-2H3. The van der Waals surface area contributed by atoms with Crippen LogP contribution in [0.2, 0.25) is 0 Å². The van der Waals surface area contributed by atoms with E-state index in [1.165, 1.54) is 0 Å². The van der Waals surface area contributed by atoms with Crippen LogP contribution in [0.25, 0.3) is 0 Å². The highest BCUT2D eigenvalue weighted by Gasteiger charge is 2.29. The first-order valence-electron chi connectivity index (χ1n) is 5.43. The highest BCUT2D eigenvalue weighted by atomic mass is 16.5. The number of rotatable bonds is 2. The molecule has 1 N–H and O–H groups in total. The average molecular weight is 207 g/mol. The van der Waals surface area contributed by atoms with Crippen LogP contribution >= 0.6 is 0 Å². The second-order valence-electron chi connectivity index (χ2n) is 4.24. The number of pyridine rings is 1. The maximum absolute atomic E-state index is 10.1. The van der Waals surface area contributed by atoms with Crippen molar-refractivity contribution >= 4 is 0 Å². The largest absolute Gasteiger partial charge is 0.386 e. The molecule has 0 bridgehead atoms. The summed E-state index contributed by atoms with van der Waals surface area (Å²) < 4.78 is 5.63. The van der Waals surface area contributed by atoms with Crippen molar-refractivity contribution in [3.05, 3.63) is 29.6 Å². The maximum Gasteiger partial charge on any atom is 0.107 e. The quantitative estimate of drug-likeness (QED) is 0.806. The zero-order valence-electron chi connectivity index (χ0n) is 9.18. The van der Waals surface area contributed by atoms with Crippen molar-refractivity contribution in [1.29, 1.82) is 0 Å². The Morgan fingerprint density at radius 2 is 2.27 bits per heavy atom. The van der Waals surface area contributed by atoms with Crippen molar-refractivity contribution in [2.45, 2.75) is 45.0 Å². The van der Waals surface area contributed by atoms with Gasteiger partial charge in [0, 0.05) is 17.5 Å². The molecule has 0 spiro atoms. The SMILES string of the molecule is Cc1ccc(C(O)C2CCC(C)O2)cn1. The van der Waals surface area contributed by atoms with Crippen LogP contribution in [-0.2, 0) is 4.74 Å². The lowest BCUT2D eigenvalue weighted by molar-refractivity contribution is -0.0298. The Hall–Kier alpha value is -0.930. The Kier molecular flexibility index (Phi) is 3.03. The minimum atomic E-state index is -0.539. The van der Waals surface area contributed by atoms with Crippen LogP contribution in [0.15, 0.2) is 18.3 Å². The van der Waals surface area contributed by atoms with Crippen LogP contribution in [-0.4, -0.2) is 22.3 Å². The summed E-state index contributed by atoms with van der Waals surface area (Å²) in [7, 11) is 0. The first-order chi connectivity index (χ1) is 7.16. The van der Waals surface area contributed by atoms with Gasteiger partial charge >= 0.3 is 0 Å². The van der Waals surface area contributed by atoms with Gasteiger partial charge in [-0.25, -0.2) is 0 Å². The van der Waals surface area contributed by atoms with Crippen molar-refractivity contribution < 1.29 is 9.84 Å². The van der Waals surface area contributed by atoms with E-state index in [0.29, 0.717) is 0 Å². The number of nitrogens with zero attached hydrogens (tertiary/aromatic N) is 1. The van der Waals surface area contributed by atoms with Crippen LogP contribution < -0.4 is 0 Å². The third-order valence-corrected chi connectivity index (χ3v) is 2.89. The molecule has 15 heavy (non-hydrogen) atoms. The van der Waals surface area contributed by atoms with E-state index < -0.39 is 6.10 Å². The normalized spacial score (nSPS) is 27.9. The maximum atomic E-state index is 10.1. The average Bonchev–Trinajstić information content (AvgIpc) is 2.65. The van der Waals surface area contributed by atoms with Gasteiger partial charge < -0.3 is 9.84 Å². The molecule has 82 valence electrons. The molecular formula is C12H17NO2. The summed E-state index contributed by atoms with van der Waals surface area (Å²) in [6, 6.07) is 3.83. The molecule has 0 saturated carbocycles. The molecule has 3 heteroatoms. The fourth-order valence-corrected chi connectivity index (χ4v) is 1.93. The fraction of sp³-hybridized carbons (Fsp3) is 0.583. The van der Waals surface area contributed by atoms with Gasteiger partial charge in [0.15, 0.2) is 0 Å². The van der Waals surface area contributed by atoms with Gasteiger partial charge in [-0.1, -0.05) is 6.07 Å². The zero-order chi connectivity index (χ0) is 10.8. The minimum absolute atomic E-state index is 0.0653. The summed E-state index contributed by atoms with van der Waals surface area (Å²) in [4.78, 5) is 4.18. The first kappa shape index (κ1) is 10.6. The van der Waals surface area contributed by atoms with Gasteiger partial charge in [-0.05, 0) is 32.8 Å². The van der Waals surface area contributed by atoms with Crippen LogP contribution in [0.5, 0.6) is 0 Å². The van der Waals surface area contributed by atoms with Gasteiger partial charge in [0.05, 0.1) is 12.2 Å². The Balaban J connectivity index is 2.07. The molecule has 1 aromatic heterocycles. The van der Waals surface area contributed by atoms with Gasteiger partial charge in [0.2, 0.25) is 0 Å². The number of aliphatic hydroxyl groups excluding tert-OH is 1. The molecule has 0 aromatic carbocycles. The smallest absolute Gasteiger partial charge is 0.107 e. The van der Waals surface area contributed by atoms with E-state index >= 15 is 0 Å². The zero-order valence-corrected chi connectivity index (χ0v) is 9.18. The molecule has 3 nitrogen and oxygen atoms in total. The first-order valence-corrected chi connectivity index (χ1v) is 5.43. The summed E-state index contributed by atoms with van der Waals surface area (Å²) in [6.07, 6.45) is 3.35. The van der Waals surface area contributed by atoms with Gasteiger partial charge in [0.25, 0.3) is 0 Å². The van der Waals surface area contributed by atoms with E-state index in [1.54, 1.807) is 6.20 Å². The molecule has 0 radical (unpaired) electrons.